The van der Waals surface area contributed by atoms with Gasteiger partial charge in [-0.2, -0.15) is 0 Å². The minimum absolute atomic E-state index is 0.0688. The van der Waals surface area contributed by atoms with Gasteiger partial charge in [-0.1, -0.05) is 62.4 Å². The second-order valence-corrected chi connectivity index (χ2v) is 13.8. The van der Waals surface area contributed by atoms with Crippen LogP contribution in [0.25, 0.3) is 22.6 Å². The highest BCUT2D eigenvalue weighted by Gasteiger charge is 2.37. The van der Waals surface area contributed by atoms with Gasteiger partial charge in [-0.3, -0.25) is 4.79 Å². The Morgan fingerprint density at radius 2 is 1.64 bits per heavy atom. The quantitative estimate of drug-likeness (QED) is 0.112. The van der Waals surface area contributed by atoms with Crippen LogP contribution >= 0.6 is 0 Å². The van der Waals surface area contributed by atoms with Gasteiger partial charge < -0.3 is 23.9 Å². The standard InChI is InChI=1S/C39H43BFN5O4/c1-26(2)37-45-35(27-16-18-29(41)19-17-27)36(33-20-22-42-38(44-33)43-30-14-10-7-11-15-30)46(37)23-21-31-24-32(25-34(47)48-39(3,4)5)50-40(49-31)28-12-8-6-9-13-28/h6-20,22,26,31-32H,21,23-25H2,1-5H3,(H,42,43,44). The monoisotopic (exact) mass is 675 g/mol. The largest absolute Gasteiger partial charge is 0.494 e. The number of hydrogen-bond acceptors (Lipinski definition) is 8. The molecule has 1 fully saturated rings. The van der Waals surface area contributed by atoms with Crippen molar-refractivity contribution in [2.24, 2.45) is 0 Å². The summed E-state index contributed by atoms with van der Waals surface area (Å²) in [6.07, 6.45) is 2.37. The van der Waals surface area contributed by atoms with E-state index in [1.807, 2.05) is 87.5 Å². The average Bonchev–Trinajstić information content (AvgIpc) is 3.48. The third-order valence-electron chi connectivity index (χ3n) is 8.28. The van der Waals surface area contributed by atoms with Gasteiger partial charge in [0.05, 0.1) is 29.6 Å². The summed E-state index contributed by atoms with van der Waals surface area (Å²) in [5.41, 5.74) is 4.12. The number of rotatable bonds is 11. The zero-order valence-electron chi connectivity index (χ0n) is 29.2. The number of imidazole rings is 1. The highest BCUT2D eigenvalue weighted by Crippen LogP contribution is 2.36. The van der Waals surface area contributed by atoms with Crippen molar-refractivity contribution >= 4 is 30.2 Å². The van der Waals surface area contributed by atoms with E-state index in [9.17, 15) is 9.18 Å². The fraction of sp³-hybridized carbons (Fsp3) is 0.333. The zero-order chi connectivity index (χ0) is 35.3. The van der Waals surface area contributed by atoms with E-state index in [0.717, 1.165) is 28.2 Å². The maximum Gasteiger partial charge on any atom is 0.494 e. The van der Waals surface area contributed by atoms with E-state index in [1.165, 1.54) is 12.1 Å². The van der Waals surface area contributed by atoms with Crippen molar-refractivity contribution in [1.29, 1.82) is 0 Å². The molecule has 0 amide bonds. The van der Waals surface area contributed by atoms with Crippen LogP contribution in [0.5, 0.6) is 0 Å². The number of ether oxygens (including phenoxy) is 1. The maximum atomic E-state index is 14.1. The minimum atomic E-state index is -0.627. The molecule has 3 aromatic carbocycles. The summed E-state index contributed by atoms with van der Waals surface area (Å²) < 4.78 is 34.8. The fourth-order valence-electron chi connectivity index (χ4n) is 6.12. The molecule has 0 bridgehead atoms. The number of nitrogens with one attached hydrogen (secondary N) is 1. The van der Waals surface area contributed by atoms with Crippen LogP contribution in [0, 0.1) is 5.82 Å². The van der Waals surface area contributed by atoms with Crippen molar-refractivity contribution in [3.8, 4) is 22.6 Å². The zero-order valence-corrected chi connectivity index (χ0v) is 29.2. The number of hydrogen-bond donors (Lipinski definition) is 1. The lowest BCUT2D eigenvalue weighted by Gasteiger charge is -2.35. The summed E-state index contributed by atoms with van der Waals surface area (Å²) >= 11 is 0. The molecule has 0 aliphatic carbocycles. The second-order valence-electron chi connectivity index (χ2n) is 13.8. The Morgan fingerprint density at radius 1 is 0.960 bits per heavy atom. The molecule has 1 saturated heterocycles. The SMILES string of the molecule is CC(C)c1nc(-c2ccc(F)cc2)c(-c2ccnc(Nc3ccccc3)n2)n1CCC1CC(CC(=O)OC(C)(C)C)OB(c2ccccc2)O1. The molecule has 1 N–H and O–H groups in total. The van der Waals surface area contributed by atoms with E-state index in [-0.39, 0.29) is 36.3 Å². The van der Waals surface area contributed by atoms with E-state index < -0.39 is 12.7 Å². The Labute approximate surface area is 293 Å². The number of halogens is 1. The van der Waals surface area contributed by atoms with Crippen molar-refractivity contribution in [3.05, 3.63) is 109 Å². The average molecular weight is 676 g/mol. The van der Waals surface area contributed by atoms with Gasteiger partial charge in [-0.25, -0.2) is 19.3 Å². The van der Waals surface area contributed by atoms with Crippen LogP contribution in [0.3, 0.4) is 0 Å². The van der Waals surface area contributed by atoms with Crippen LogP contribution in [0.4, 0.5) is 16.0 Å². The smallest absolute Gasteiger partial charge is 0.460 e. The molecule has 2 atom stereocenters. The molecular weight excluding hydrogens is 632 g/mol. The Hall–Kier alpha value is -4.87. The summed E-state index contributed by atoms with van der Waals surface area (Å²) in [6.45, 7) is 10.3. The predicted octanol–water partition coefficient (Wildman–Crippen LogP) is 7.70. The van der Waals surface area contributed by atoms with Gasteiger partial charge in [0, 0.05) is 36.0 Å². The molecule has 2 aromatic heterocycles. The molecule has 9 nitrogen and oxygen atoms in total. The van der Waals surface area contributed by atoms with Crippen LogP contribution < -0.4 is 10.8 Å². The van der Waals surface area contributed by atoms with E-state index in [1.54, 1.807) is 18.3 Å². The first-order valence-corrected chi connectivity index (χ1v) is 17.1. The first kappa shape index (κ1) is 35.0. The Kier molecular flexibility index (Phi) is 10.7. The lowest BCUT2D eigenvalue weighted by molar-refractivity contribution is -0.157. The number of esters is 1. The molecule has 6 rings (SSSR count). The van der Waals surface area contributed by atoms with Crippen LogP contribution in [0.15, 0.2) is 97.2 Å². The summed E-state index contributed by atoms with van der Waals surface area (Å²) in [5, 5.41) is 3.30. The maximum absolute atomic E-state index is 14.1. The summed E-state index contributed by atoms with van der Waals surface area (Å²) in [5.74, 6) is 0.759. The van der Waals surface area contributed by atoms with Crippen LogP contribution in [-0.4, -0.2) is 50.4 Å². The van der Waals surface area contributed by atoms with Gasteiger partial charge in [-0.15, -0.1) is 0 Å². The fourth-order valence-corrected chi connectivity index (χ4v) is 6.12. The van der Waals surface area contributed by atoms with Crippen molar-refractivity contribution in [2.45, 2.75) is 84.2 Å². The number of carbonyl (C=O) groups is 1. The molecule has 0 saturated carbocycles. The summed E-state index contributed by atoms with van der Waals surface area (Å²) in [6, 6.07) is 27.8. The molecule has 0 radical (unpaired) electrons. The van der Waals surface area contributed by atoms with Gasteiger partial charge in [0.15, 0.2) is 0 Å². The number of anilines is 2. The van der Waals surface area contributed by atoms with Crippen molar-refractivity contribution < 1.29 is 23.2 Å². The summed E-state index contributed by atoms with van der Waals surface area (Å²) in [4.78, 5) is 27.4. The number of para-hydroxylation sites is 1. The first-order chi connectivity index (χ1) is 24.0. The van der Waals surface area contributed by atoms with E-state index in [0.29, 0.717) is 36.7 Å². The number of carbonyl (C=O) groups excluding carboxylic acids is 1. The summed E-state index contributed by atoms with van der Waals surface area (Å²) in [7, 11) is -0.627. The van der Waals surface area contributed by atoms with Crippen molar-refractivity contribution in [3.63, 3.8) is 0 Å². The second kappa shape index (κ2) is 15.4. The first-order valence-electron chi connectivity index (χ1n) is 17.1. The Morgan fingerprint density at radius 3 is 2.32 bits per heavy atom. The lowest BCUT2D eigenvalue weighted by Crippen LogP contribution is -2.49. The number of nitrogens with zero attached hydrogens (tertiary/aromatic N) is 4. The molecule has 1 aliphatic rings. The highest BCUT2D eigenvalue weighted by molar-refractivity contribution is 6.61. The van der Waals surface area contributed by atoms with Crippen molar-refractivity contribution in [1.82, 2.24) is 19.5 Å². The van der Waals surface area contributed by atoms with Gasteiger partial charge in [0.25, 0.3) is 0 Å². The van der Waals surface area contributed by atoms with Gasteiger partial charge in [-0.05, 0) is 81.5 Å². The molecule has 1 aliphatic heterocycles. The Balaban J connectivity index is 1.34. The van der Waals surface area contributed by atoms with E-state index in [4.69, 9.17) is 24.0 Å². The van der Waals surface area contributed by atoms with Gasteiger partial charge in [0.1, 0.15) is 17.2 Å². The normalized spacial score (nSPS) is 16.4. The topological polar surface area (TPSA) is 100 Å². The van der Waals surface area contributed by atoms with Crippen LogP contribution in [-0.2, 0) is 25.4 Å². The van der Waals surface area contributed by atoms with E-state index in [2.05, 4.69) is 28.7 Å². The van der Waals surface area contributed by atoms with Crippen molar-refractivity contribution in [2.75, 3.05) is 5.32 Å². The molecule has 258 valence electrons. The third-order valence-corrected chi connectivity index (χ3v) is 8.28. The molecule has 0 spiro atoms. The van der Waals surface area contributed by atoms with Gasteiger partial charge in [0.2, 0.25) is 5.95 Å². The lowest BCUT2D eigenvalue weighted by atomic mass is 9.76. The van der Waals surface area contributed by atoms with Crippen LogP contribution in [0.1, 0.15) is 65.6 Å². The highest BCUT2D eigenvalue weighted by atomic mass is 19.1. The Bertz CT molecular complexity index is 1880. The van der Waals surface area contributed by atoms with Gasteiger partial charge >= 0.3 is 13.1 Å². The number of aromatic nitrogens is 4. The molecule has 11 heteroatoms. The predicted molar refractivity (Wildman–Crippen MR) is 194 cm³/mol. The minimum Gasteiger partial charge on any atom is -0.460 e. The molecular formula is C39H43BFN5O4. The third kappa shape index (κ3) is 8.83. The molecule has 3 heterocycles. The molecule has 50 heavy (non-hydrogen) atoms. The van der Waals surface area contributed by atoms with Crippen LogP contribution in [0.2, 0.25) is 0 Å². The van der Waals surface area contributed by atoms with E-state index >= 15 is 0 Å². The molecule has 2 unspecified atom stereocenters. The molecule has 5 aromatic rings. The number of benzene rings is 3.